The Balaban J connectivity index is 2.03. The summed E-state index contributed by atoms with van der Waals surface area (Å²) in [6, 6.07) is 9.88. The van der Waals surface area contributed by atoms with Crippen LogP contribution in [0.2, 0.25) is 0 Å². The molecule has 24 heavy (non-hydrogen) atoms. The van der Waals surface area contributed by atoms with E-state index in [9.17, 15) is 9.90 Å². The summed E-state index contributed by atoms with van der Waals surface area (Å²) < 4.78 is 1.87. The Bertz CT molecular complexity index is 677. The average molecular weight is 329 g/mol. The van der Waals surface area contributed by atoms with Crippen LogP contribution in [0.25, 0.3) is 5.69 Å². The average Bonchev–Trinajstić information content (AvgIpc) is 2.81. The van der Waals surface area contributed by atoms with Crippen LogP contribution in [-0.4, -0.2) is 33.4 Å². The van der Waals surface area contributed by atoms with Crippen molar-refractivity contribution in [1.29, 1.82) is 0 Å². The first-order valence-electron chi connectivity index (χ1n) is 8.43. The zero-order valence-corrected chi connectivity index (χ0v) is 14.9. The number of carbonyl (C=O) groups excluding carboxylic acids is 1. The number of nitrogens with zero attached hydrogens (tertiary/aromatic N) is 2. The lowest BCUT2D eigenvalue weighted by Gasteiger charge is -2.14. The molecule has 2 aromatic rings. The largest absolute Gasteiger partial charge is 0.391 e. The van der Waals surface area contributed by atoms with Crippen LogP contribution >= 0.6 is 0 Å². The fourth-order valence-electron chi connectivity index (χ4n) is 2.83. The minimum atomic E-state index is -0.497. The Morgan fingerprint density at radius 2 is 1.92 bits per heavy atom. The van der Waals surface area contributed by atoms with Crippen molar-refractivity contribution in [3.05, 3.63) is 47.3 Å². The van der Waals surface area contributed by atoms with Gasteiger partial charge in [-0.15, -0.1) is 0 Å². The Labute approximate surface area is 143 Å². The molecule has 1 amide bonds. The van der Waals surface area contributed by atoms with Crippen molar-refractivity contribution < 1.29 is 9.90 Å². The van der Waals surface area contributed by atoms with Gasteiger partial charge in [0.05, 0.1) is 23.9 Å². The number of aliphatic hydroxyl groups excluding tert-OH is 1. The molecule has 1 heterocycles. The molecule has 0 saturated heterocycles. The molecule has 0 aliphatic carbocycles. The molecular formula is C19H27N3O2. The zero-order valence-electron chi connectivity index (χ0n) is 14.9. The van der Waals surface area contributed by atoms with E-state index in [-0.39, 0.29) is 12.3 Å². The molecule has 0 fully saturated rings. The molecule has 0 radical (unpaired) electrons. The van der Waals surface area contributed by atoms with Crippen LogP contribution in [0.1, 0.15) is 37.2 Å². The van der Waals surface area contributed by atoms with E-state index in [4.69, 9.17) is 0 Å². The number of hydrogen-bond acceptors (Lipinski definition) is 3. The number of amides is 1. The van der Waals surface area contributed by atoms with Gasteiger partial charge in [0.25, 0.3) is 0 Å². The summed E-state index contributed by atoms with van der Waals surface area (Å²) in [5, 5.41) is 17.2. The molecule has 0 aliphatic rings. The number of aromatic nitrogens is 2. The van der Waals surface area contributed by atoms with Gasteiger partial charge in [0.15, 0.2) is 0 Å². The highest BCUT2D eigenvalue weighted by molar-refractivity contribution is 5.79. The quantitative estimate of drug-likeness (QED) is 0.820. The van der Waals surface area contributed by atoms with Crippen LogP contribution < -0.4 is 5.32 Å². The van der Waals surface area contributed by atoms with E-state index in [1.54, 1.807) is 0 Å². The Hall–Kier alpha value is -2.14. The van der Waals surface area contributed by atoms with Crippen molar-refractivity contribution in [2.75, 3.05) is 6.54 Å². The van der Waals surface area contributed by atoms with Crippen LogP contribution in [0, 0.1) is 19.8 Å². The van der Waals surface area contributed by atoms with Gasteiger partial charge in [-0.2, -0.15) is 5.10 Å². The predicted molar refractivity (Wildman–Crippen MR) is 95.2 cm³/mol. The Morgan fingerprint density at radius 3 is 2.54 bits per heavy atom. The molecule has 0 spiro atoms. The van der Waals surface area contributed by atoms with E-state index in [2.05, 4.69) is 24.3 Å². The van der Waals surface area contributed by atoms with Crippen molar-refractivity contribution in [3.8, 4) is 5.69 Å². The second kappa shape index (κ2) is 8.11. The third kappa shape index (κ3) is 4.68. The van der Waals surface area contributed by atoms with E-state index in [0.717, 1.165) is 22.6 Å². The van der Waals surface area contributed by atoms with Crippen LogP contribution in [0.15, 0.2) is 30.3 Å². The van der Waals surface area contributed by atoms with Gasteiger partial charge in [-0.1, -0.05) is 32.0 Å². The highest BCUT2D eigenvalue weighted by atomic mass is 16.3. The molecule has 130 valence electrons. The van der Waals surface area contributed by atoms with Crippen molar-refractivity contribution in [2.24, 2.45) is 5.92 Å². The third-order valence-corrected chi connectivity index (χ3v) is 4.06. The van der Waals surface area contributed by atoms with E-state index in [0.29, 0.717) is 18.9 Å². The summed E-state index contributed by atoms with van der Waals surface area (Å²) in [5.41, 5.74) is 3.75. The van der Waals surface area contributed by atoms with E-state index >= 15 is 0 Å². The minimum absolute atomic E-state index is 0.0865. The Morgan fingerprint density at radius 1 is 1.25 bits per heavy atom. The summed E-state index contributed by atoms with van der Waals surface area (Å²) in [6.07, 6.45) is 0.464. The van der Waals surface area contributed by atoms with Gasteiger partial charge in [0.2, 0.25) is 5.91 Å². The maximum atomic E-state index is 12.2. The molecular weight excluding hydrogens is 302 g/mol. The number of aliphatic hydroxyl groups is 1. The minimum Gasteiger partial charge on any atom is -0.391 e. The summed E-state index contributed by atoms with van der Waals surface area (Å²) in [5.74, 6) is 0.321. The number of nitrogens with one attached hydrogen (secondary N) is 1. The van der Waals surface area contributed by atoms with E-state index in [1.165, 1.54) is 0 Å². The van der Waals surface area contributed by atoms with Crippen molar-refractivity contribution in [3.63, 3.8) is 0 Å². The van der Waals surface area contributed by atoms with Gasteiger partial charge in [-0.3, -0.25) is 4.79 Å². The van der Waals surface area contributed by atoms with Gasteiger partial charge in [0.1, 0.15) is 0 Å². The van der Waals surface area contributed by atoms with Gasteiger partial charge < -0.3 is 10.4 Å². The van der Waals surface area contributed by atoms with Crippen LogP contribution in [0.4, 0.5) is 0 Å². The van der Waals surface area contributed by atoms with Gasteiger partial charge >= 0.3 is 0 Å². The number of aryl methyl sites for hydroxylation is 1. The number of para-hydroxylation sites is 1. The fourth-order valence-corrected chi connectivity index (χ4v) is 2.83. The standard InChI is InChI=1S/C19H27N3O2/c1-13(2)10-17(23)12-20-19(24)11-18-14(3)21-22(15(18)4)16-8-6-5-7-9-16/h5-9,13,17,23H,10-12H2,1-4H3,(H,20,24). The molecule has 0 saturated carbocycles. The topological polar surface area (TPSA) is 67.2 Å². The molecule has 0 bridgehead atoms. The molecule has 1 unspecified atom stereocenters. The second-order valence-electron chi connectivity index (χ2n) is 6.66. The first-order valence-corrected chi connectivity index (χ1v) is 8.43. The molecule has 5 heteroatoms. The molecule has 1 aromatic carbocycles. The first-order chi connectivity index (χ1) is 11.4. The number of carbonyl (C=O) groups is 1. The van der Waals surface area contributed by atoms with Crippen LogP contribution in [0.3, 0.4) is 0 Å². The van der Waals surface area contributed by atoms with Crippen LogP contribution in [0.5, 0.6) is 0 Å². The van der Waals surface area contributed by atoms with Gasteiger partial charge in [-0.05, 0) is 38.3 Å². The summed E-state index contributed by atoms with van der Waals surface area (Å²) in [4.78, 5) is 12.2. The molecule has 2 rings (SSSR count). The van der Waals surface area contributed by atoms with Crippen molar-refractivity contribution in [2.45, 2.75) is 46.6 Å². The van der Waals surface area contributed by atoms with Crippen molar-refractivity contribution >= 4 is 5.91 Å². The van der Waals surface area contributed by atoms with Crippen LogP contribution in [-0.2, 0) is 11.2 Å². The summed E-state index contributed by atoms with van der Waals surface area (Å²) in [7, 11) is 0. The molecule has 5 nitrogen and oxygen atoms in total. The maximum absolute atomic E-state index is 12.2. The van der Waals surface area contributed by atoms with E-state index in [1.807, 2.05) is 48.9 Å². The predicted octanol–water partition coefficient (Wildman–Crippen LogP) is 2.55. The molecule has 1 aromatic heterocycles. The van der Waals surface area contributed by atoms with Crippen molar-refractivity contribution in [1.82, 2.24) is 15.1 Å². The normalized spacial score (nSPS) is 12.4. The number of benzene rings is 1. The number of hydrogen-bond donors (Lipinski definition) is 2. The highest BCUT2D eigenvalue weighted by Gasteiger charge is 2.16. The number of rotatable bonds is 7. The molecule has 1 atom stereocenters. The van der Waals surface area contributed by atoms with Gasteiger partial charge in [-0.25, -0.2) is 4.68 Å². The lowest BCUT2D eigenvalue weighted by atomic mass is 10.1. The fraction of sp³-hybridized carbons (Fsp3) is 0.474. The highest BCUT2D eigenvalue weighted by Crippen LogP contribution is 2.18. The summed E-state index contributed by atoms with van der Waals surface area (Å²) in [6.45, 7) is 8.29. The lowest BCUT2D eigenvalue weighted by molar-refractivity contribution is -0.121. The SMILES string of the molecule is Cc1nn(-c2ccccc2)c(C)c1CC(=O)NCC(O)CC(C)C. The van der Waals surface area contributed by atoms with E-state index < -0.39 is 6.10 Å². The first kappa shape index (κ1) is 18.2. The third-order valence-electron chi connectivity index (χ3n) is 4.06. The van der Waals surface area contributed by atoms with Gasteiger partial charge in [0, 0.05) is 17.8 Å². The second-order valence-corrected chi connectivity index (χ2v) is 6.66. The smallest absolute Gasteiger partial charge is 0.224 e. The Kier molecular flexibility index (Phi) is 6.15. The maximum Gasteiger partial charge on any atom is 0.224 e. The summed E-state index contributed by atoms with van der Waals surface area (Å²) >= 11 is 0. The molecule has 2 N–H and O–H groups in total. The monoisotopic (exact) mass is 329 g/mol. The zero-order chi connectivity index (χ0) is 17.7. The lowest BCUT2D eigenvalue weighted by Crippen LogP contribution is -2.33. The molecule has 0 aliphatic heterocycles.